The van der Waals surface area contributed by atoms with Crippen LogP contribution in [0.5, 0.6) is 0 Å². The van der Waals surface area contributed by atoms with E-state index in [9.17, 15) is 9.59 Å². The second kappa shape index (κ2) is 7.27. The lowest BCUT2D eigenvalue weighted by molar-refractivity contribution is -0.150. The van der Waals surface area contributed by atoms with Gasteiger partial charge in [0.2, 0.25) is 5.91 Å². The first kappa shape index (κ1) is 14.0. The SMILES string of the molecule is CCCCCN1CC(CCC(=O)O)OCC1=O. The van der Waals surface area contributed by atoms with Crippen LogP contribution in [0, 0.1) is 0 Å². The Hall–Kier alpha value is -1.10. The van der Waals surface area contributed by atoms with Crippen LogP contribution in [0.15, 0.2) is 0 Å². The molecule has 5 heteroatoms. The Morgan fingerprint density at radius 1 is 1.53 bits per heavy atom. The molecule has 98 valence electrons. The molecule has 0 aromatic carbocycles. The van der Waals surface area contributed by atoms with Crippen molar-refractivity contribution in [2.45, 2.75) is 45.1 Å². The molecule has 0 aromatic heterocycles. The van der Waals surface area contributed by atoms with Crippen LogP contribution in [-0.4, -0.2) is 47.7 Å². The van der Waals surface area contributed by atoms with Gasteiger partial charge in [-0.3, -0.25) is 9.59 Å². The minimum atomic E-state index is -0.817. The van der Waals surface area contributed by atoms with E-state index >= 15 is 0 Å². The summed E-state index contributed by atoms with van der Waals surface area (Å²) >= 11 is 0. The van der Waals surface area contributed by atoms with Crippen LogP contribution < -0.4 is 0 Å². The number of carboxylic acids is 1. The molecular weight excluding hydrogens is 222 g/mol. The molecule has 1 fully saturated rings. The van der Waals surface area contributed by atoms with Gasteiger partial charge in [-0.2, -0.15) is 0 Å². The molecule has 1 heterocycles. The smallest absolute Gasteiger partial charge is 0.303 e. The van der Waals surface area contributed by atoms with E-state index in [2.05, 4.69) is 6.92 Å². The molecule has 0 saturated carbocycles. The van der Waals surface area contributed by atoms with Crippen molar-refractivity contribution in [3.8, 4) is 0 Å². The van der Waals surface area contributed by atoms with Gasteiger partial charge in [0.05, 0.1) is 6.10 Å². The van der Waals surface area contributed by atoms with Gasteiger partial charge in [-0.05, 0) is 12.8 Å². The van der Waals surface area contributed by atoms with Gasteiger partial charge in [0.1, 0.15) is 6.61 Å². The second-order valence-corrected chi connectivity index (χ2v) is 4.41. The maximum absolute atomic E-state index is 11.6. The molecule has 0 aromatic rings. The summed E-state index contributed by atoms with van der Waals surface area (Å²) in [4.78, 5) is 23.8. The van der Waals surface area contributed by atoms with E-state index in [1.807, 2.05) is 0 Å². The van der Waals surface area contributed by atoms with Crippen LogP contribution >= 0.6 is 0 Å². The summed E-state index contributed by atoms with van der Waals surface area (Å²) in [6.45, 7) is 3.52. The van der Waals surface area contributed by atoms with Crippen LogP contribution in [-0.2, 0) is 14.3 Å². The van der Waals surface area contributed by atoms with E-state index in [-0.39, 0.29) is 25.0 Å². The van der Waals surface area contributed by atoms with Crippen LogP contribution in [0.3, 0.4) is 0 Å². The lowest BCUT2D eigenvalue weighted by atomic mass is 10.1. The predicted octanol–water partition coefficient (Wildman–Crippen LogP) is 1.27. The third-order valence-corrected chi connectivity index (χ3v) is 2.93. The Morgan fingerprint density at radius 3 is 2.94 bits per heavy atom. The summed E-state index contributed by atoms with van der Waals surface area (Å²) in [5.41, 5.74) is 0. The first-order valence-electron chi connectivity index (χ1n) is 6.24. The van der Waals surface area contributed by atoms with Gasteiger partial charge < -0.3 is 14.7 Å². The van der Waals surface area contributed by atoms with Gasteiger partial charge in [-0.1, -0.05) is 19.8 Å². The number of morpholine rings is 1. The van der Waals surface area contributed by atoms with Crippen molar-refractivity contribution in [1.29, 1.82) is 0 Å². The van der Waals surface area contributed by atoms with Crippen LogP contribution in [0.4, 0.5) is 0 Å². The van der Waals surface area contributed by atoms with E-state index in [0.29, 0.717) is 13.0 Å². The molecule has 0 spiro atoms. The molecule has 1 aliphatic rings. The van der Waals surface area contributed by atoms with Gasteiger partial charge >= 0.3 is 5.97 Å². The Morgan fingerprint density at radius 2 is 2.29 bits per heavy atom. The number of aliphatic carboxylic acids is 1. The van der Waals surface area contributed by atoms with Crippen LogP contribution in [0.1, 0.15) is 39.0 Å². The molecule has 5 nitrogen and oxygen atoms in total. The fourth-order valence-electron chi connectivity index (χ4n) is 1.91. The molecule has 0 aliphatic carbocycles. The molecule has 17 heavy (non-hydrogen) atoms. The third-order valence-electron chi connectivity index (χ3n) is 2.93. The Kier molecular flexibility index (Phi) is 5.97. The lowest BCUT2D eigenvalue weighted by Gasteiger charge is -2.32. The number of rotatable bonds is 7. The molecule has 1 saturated heterocycles. The highest BCUT2D eigenvalue weighted by Crippen LogP contribution is 2.12. The molecular formula is C12H21NO4. The maximum Gasteiger partial charge on any atom is 0.303 e. The predicted molar refractivity (Wildman–Crippen MR) is 62.7 cm³/mol. The van der Waals surface area contributed by atoms with E-state index in [1.54, 1.807) is 4.90 Å². The minimum Gasteiger partial charge on any atom is -0.481 e. The topological polar surface area (TPSA) is 66.8 Å². The van der Waals surface area contributed by atoms with Crippen molar-refractivity contribution in [2.75, 3.05) is 19.7 Å². The summed E-state index contributed by atoms with van der Waals surface area (Å²) in [6.07, 6.45) is 3.71. The number of nitrogens with zero attached hydrogens (tertiary/aromatic N) is 1. The average molecular weight is 243 g/mol. The number of carbonyl (C=O) groups is 2. The summed E-state index contributed by atoms with van der Waals surface area (Å²) in [5.74, 6) is -0.796. The first-order valence-corrected chi connectivity index (χ1v) is 6.24. The van der Waals surface area contributed by atoms with E-state index in [0.717, 1.165) is 25.8 Å². The molecule has 1 N–H and O–H groups in total. The van der Waals surface area contributed by atoms with Gasteiger partial charge in [0, 0.05) is 19.5 Å². The normalized spacial score (nSPS) is 20.6. The highest BCUT2D eigenvalue weighted by atomic mass is 16.5. The zero-order valence-electron chi connectivity index (χ0n) is 10.4. The first-order chi connectivity index (χ1) is 8.13. The highest BCUT2D eigenvalue weighted by molar-refractivity contribution is 5.78. The van der Waals surface area contributed by atoms with Gasteiger partial charge in [-0.25, -0.2) is 0 Å². The van der Waals surface area contributed by atoms with Crippen molar-refractivity contribution < 1.29 is 19.4 Å². The van der Waals surface area contributed by atoms with E-state index in [4.69, 9.17) is 9.84 Å². The molecule has 1 atom stereocenters. The number of hydrogen-bond acceptors (Lipinski definition) is 3. The largest absolute Gasteiger partial charge is 0.481 e. The molecule has 1 aliphatic heterocycles. The summed E-state index contributed by atoms with van der Waals surface area (Å²) in [7, 11) is 0. The molecule has 1 rings (SSSR count). The van der Waals surface area contributed by atoms with Crippen molar-refractivity contribution >= 4 is 11.9 Å². The van der Waals surface area contributed by atoms with Gasteiger partial charge in [-0.15, -0.1) is 0 Å². The summed E-state index contributed by atoms with van der Waals surface area (Å²) < 4.78 is 5.32. The number of unbranched alkanes of at least 4 members (excludes halogenated alkanes) is 2. The van der Waals surface area contributed by atoms with Crippen molar-refractivity contribution in [3.63, 3.8) is 0 Å². The zero-order chi connectivity index (χ0) is 12.7. The number of ether oxygens (including phenoxy) is 1. The molecule has 1 unspecified atom stereocenters. The monoisotopic (exact) mass is 243 g/mol. The maximum atomic E-state index is 11.6. The van der Waals surface area contributed by atoms with Crippen molar-refractivity contribution in [3.05, 3.63) is 0 Å². The second-order valence-electron chi connectivity index (χ2n) is 4.41. The van der Waals surface area contributed by atoms with Crippen molar-refractivity contribution in [1.82, 2.24) is 4.90 Å². The number of carbonyl (C=O) groups excluding carboxylic acids is 1. The Balaban J connectivity index is 2.31. The molecule has 0 radical (unpaired) electrons. The standard InChI is InChI=1S/C12H21NO4/c1-2-3-4-7-13-8-10(5-6-12(15)16)17-9-11(13)14/h10H,2-9H2,1H3,(H,15,16). The third kappa shape index (κ3) is 5.17. The zero-order valence-corrected chi connectivity index (χ0v) is 10.4. The fourth-order valence-corrected chi connectivity index (χ4v) is 1.91. The van der Waals surface area contributed by atoms with E-state index in [1.165, 1.54) is 0 Å². The van der Waals surface area contributed by atoms with Crippen LogP contribution in [0.2, 0.25) is 0 Å². The average Bonchev–Trinajstić information content (AvgIpc) is 2.30. The van der Waals surface area contributed by atoms with Crippen LogP contribution in [0.25, 0.3) is 0 Å². The minimum absolute atomic E-state index is 0.0210. The molecule has 1 amide bonds. The lowest BCUT2D eigenvalue weighted by Crippen LogP contribution is -2.47. The van der Waals surface area contributed by atoms with Gasteiger partial charge in [0.15, 0.2) is 0 Å². The fraction of sp³-hybridized carbons (Fsp3) is 0.833. The Labute approximate surface area is 102 Å². The molecule has 0 bridgehead atoms. The quantitative estimate of drug-likeness (QED) is 0.684. The number of carboxylic acid groups (broad SMARTS) is 1. The number of amides is 1. The highest BCUT2D eigenvalue weighted by Gasteiger charge is 2.25. The summed E-state index contributed by atoms with van der Waals surface area (Å²) in [6, 6.07) is 0. The number of hydrogen-bond donors (Lipinski definition) is 1. The van der Waals surface area contributed by atoms with Crippen molar-refractivity contribution in [2.24, 2.45) is 0 Å². The summed E-state index contributed by atoms with van der Waals surface area (Å²) in [5, 5.41) is 8.60. The Bertz CT molecular complexity index is 267. The van der Waals surface area contributed by atoms with E-state index < -0.39 is 5.97 Å². The van der Waals surface area contributed by atoms with Gasteiger partial charge in [0.25, 0.3) is 0 Å².